The van der Waals surface area contributed by atoms with Gasteiger partial charge >= 0.3 is 5.97 Å². The summed E-state index contributed by atoms with van der Waals surface area (Å²) in [5.74, 6) is -1.06. The van der Waals surface area contributed by atoms with Gasteiger partial charge in [-0.15, -0.1) is 12.4 Å². The molecule has 21 heavy (non-hydrogen) atoms. The first-order chi connectivity index (χ1) is 9.54. The van der Waals surface area contributed by atoms with Gasteiger partial charge in [-0.3, -0.25) is 14.5 Å². The lowest BCUT2D eigenvalue weighted by Crippen LogP contribution is -2.38. The Bertz CT molecular complexity index is 507. The number of hydrogen-bond acceptors (Lipinski definition) is 3. The molecule has 1 saturated heterocycles. The van der Waals surface area contributed by atoms with Crippen molar-refractivity contribution in [3.05, 3.63) is 29.8 Å². The standard InChI is InChI=1S/C15H20N2O3.ClH/c1-11(18)16-14-6-2-4-12(8-14)9-17-7-3-5-13(10-17)15(19)20;/h2,4,6,8,13H,3,5,7,9-10H2,1H3,(H,16,18)(H,19,20);1H. The quantitative estimate of drug-likeness (QED) is 0.895. The second-order valence-corrected chi connectivity index (χ2v) is 5.29. The number of piperidine rings is 1. The van der Waals surface area contributed by atoms with Gasteiger partial charge in [-0.1, -0.05) is 12.1 Å². The monoisotopic (exact) mass is 312 g/mol. The number of hydrogen-bond donors (Lipinski definition) is 2. The lowest BCUT2D eigenvalue weighted by atomic mass is 9.98. The molecular weight excluding hydrogens is 292 g/mol. The molecule has 1 aromatic carbocycles. The largest absolute Gasteiger partial charge is 0.481 e. The van der Waals surface area contributed by atoms with Crippen molar-refractivity contribution >= 4 is 30.0 Å². The third-order valence-electron chi connectivity index (χ3n) is 3.51. The minimum absolute atomic E-state index is 0. The highest BCUT2D eigenvalue weighted by Gasteiger charge is 2.25. The van der Waals surface area contributed by atoms with Gasteiger partial charge in [0.2, 0.25) is 5.91 Å². The average molecular weight is 313 g/mol. The van der Waals surface area contributed by atoms with Gasteiger partial charge in [0.1, 0.15) is 0 Å². The minimum Gasteiger partial charge on any atom is -0.481 e. The Morgan fingerprint density at radius 1 is 1.43 bits per heavy atom. The number of carboxylic acids is 1. The maximum atomic E-state index is 11.1. The van der Waals surface area contributed by atoms with Crippen molar-refractivity contribution in [3.8, 4) is 0 Å². The van der Waals surface area contributed by atoms with Crippen LogP contribution in [0, 0.1) is 5.92 Å². The number of carboxylic acid groups (broad SMARTS) is 1. The zero-order chi connectivity index (χ0) is 14.5. The van der Waals surface area contributed by atoms with Crippen LogP contribution in [-0.4, -0.2) is 35.0 Å². The number of anilines is 1. The van der Waals surface area contributed by atoms with E-state index in [0.29, 0.717) is 6.54 Å². The van der Waals surface area contributed by atoms with Crippen molar-refractivity contribution in [2.75, 3.05) is 18.4 Å². The van der Waals surface area contributed by atoms with Crippen LogP contribution in [0.15, 0.2) is 24.3 Å². The summed E-state index contributed by atoms with van der Waals surface area (Å²) >= 11 is 0. The third kappa shape index (κ3) is 5.36. The third-order valence-corrected chi connectivity index (χ3v) is 3.51. The Balaban J connectivity index is 0.00000220. The van der Waals surface area contributed by atoms with Crippen molar-refractivity contribution in [1.82, 2.24) is 4.90 Å². The van der Waals surface area contributed by atoms with Crippen LogP contribution in [0.5, 0.6) is 0 Å². The summed E-state index contributed by atoms with van der Waals surface area (Å²) in [4.78, 5) is 24.3. The topological polar surface area (TPSA) is 69.6 Å². The number of nitrogens with zero attached hydrogens (tertiary/aromatic N) is 1. The van der Waals surface area contributed by atoms with E-state index in [4.69, 9.17) is 5.11 Å². The molecule has 0 spiro atoms. The molecule has 1 aromatic rings. The molecule has 1 atom stereocenters. The molecule has 0 bridgehead atoms. The molecule has 0 aromatic heterocycles. The molecule has 1 amide bonds. The fraction of sp³-hybridized carbons (Fsp3) is 0.467. The fourth-order valence-electron chi connectivity index (χ4n) is 2.61. The maximum absolute atomic E-state index is 11.1. The second-order valence-electron chi connectivity index (χ2n) is 5.29. The Labute approximate surface area is 130 Å². The van der Waals surface area contributed by atoms with Crippen molar-refractivity contribution in [2.24, 2.45) is 5.92 Å². The first-order valence-corrected chi connectivity index (χ1v) is 6.86. The highest BCUT2D eigenvalue weighted by molar-refractivity contribution is 5.88. The highest BCUT2D eigenvalue weighted by atomic mass is 35.5. The van der Waals surface area contributed by atoms with E-state index < -0.39 is 5.97 Å². The average Bonchev–Trinajstić information content (AvgIpc) is 2.38. The SMILES string of the molecule is CC(=O)Nc1cccc(CN2CCCC(C(=O)O)C2)c1.Cl. The molecule has 6 heteroatoms. The molecule has 5 nitrogen and oxygen atoms in total. The Morgan fingerprint density at radius 3 is 2.86 bits per heavy atom. The number of nitrogens with one attached hydrogen (secondary N) is 1. The van der Waals surface area contributed by atoms with Crippen LogP contribution in [-0.2, 0) is 16.1 Å². The summed E-state index contributed by atoms with van der Waals surface area (Å²) in [6.07, 6.45) is 1.68. The zero-order valence-electron chi connectivity index (χ0n) is 12.0. The summed E-state index contributed by atoms with van der Waals surface area (Å²) in [6, 6.07) is 7.68. The van der Waals surface area contributed by atoms with Gasteiger partial charge in [0.15, 0.2) is 0 Å². The Morgan fingerprint density at radius 2 is 2.19 bits per heavy atom. The number of carbonyl (C=O) groups is 2. The van der Waals surface area contributed by atoms with Gasteiger partial charge < -0.3 is 10.4 Å². The first kappa shape index (κ1) is 17.5. The maximum Gasteiger partial charge on any atom is 0.307 e. The van der Waals surface area contributed by atoms with Gasteiger partial charge in [0.25, 0.3) is 0 Å². The predicted octanol–water partition coefficient (Wildman–Crippen LogP) is 2.36. The molecular formula is C15H21ClN2O3. The lowest BCUT2D eigenvalue weighted by Gasteiger charge is -2.30. The van der Waals surface area contributed by atoms with E-state index in [9.17, 15) is 9.59 Å². The number of carbonyl (C=O) groups excluding carboxylic acids is 1. The molecule has 1 aliphatic rings. The number of amides is 1. The lowest BCUT2D eigenvalue weighted by molar-refractivity contribution is -0.143. The van der Waals surface area contributed by atoms with E-state index in [1.165, 1.54) is 6.92 Å². The molecule has 1 aliphatic heterocycles. The molecule has 0 saturated carbocycles. The summed E-state index contributed by atoms with van der Waals surface area (Å²) in [5, 5.41) is 11.8. The van der Waals surface area contributed by atoms with E-state index in [0.717, 1.165) is 37.2 Å². The van der Waals surface area contributed by atoms with Crippen LogP contribution in [0.2, 0.25) is 0 Å². The van der Waals surface area contributed by atoms with Crippen LogP contribution in [0.3, 0.4) is 0 Å². The van der Waals surface area contributed by atoms with Crippen LogP contribution < -0.4 is 5.32 Å². The molecule has 116 valence electrons. The number of halogens is 1. The fourth-order valence-corrected chi connectivity index (χ4v) is 2.61. The van der Waals surface area contributed by atoms with Gasteiger partial charge in [-0.25, -0.2) is 0 Å². The Kier molecular flexibility index (Phi) is 6.65. The predicted molar refractivity (Wildman–Crippen MR) is 83.6 cm³/mol. The van der Waals surface area contributed by atoms with Crippen LogP contribution in [0.4, 0.5) is 5.69 Å². The number of benzene rings is 1. The Hall–Kier alpha value is -1.59. The van der Waals surface area contributed by atoms with Crippen LogP contribution >= 0.6 is 12.4 Å². The van der Waals surface area contributed by atoms with Crippen LogP contribution in [0.1, 0.15) is 25.3 Å². The number of rotatable bonds is 4. The molecule has 1 unspecified atom stereocenters. The van der Waals surface area contributed by atoms with E-state index in [1.807, 2.05) is 24.3 Å². The van der Waals surface area contributed by atoms with Crippen LogP contribution in [0.25, 0.3) is 0 Å². The van der Waals surface area contributed by atoms with Gasteiger partial charge in [-0.05, 0) is 37.1 Å². The molecule has 2 N–H and O–H groups in total. The second kappa shape index (κ2) is 8.00. The van der Waals surface area contributed by atoms with E-state index in [2.05, 4.69) is 10.2 Å². The summed E-state index contributed by atoms with van der Waals surface area (Å²) in [7, 11) is 0. The van der Waals surface area contributed by atoms with Crippen molar-refractivity contribution in [2.45, 2.75) is 26.3 Å². The number of likely N-dealkylation sites (tertiary alicyclic amines) is 1. The normalized spacial score (nSPS) is 18.6. The first-order valence-electron chi connectivity index (χ1n) is 6.86. The van der Waals surface area contributed by atoms with Gasteiger partial charge in [0, 0.05) is 25.7 Å². The molecule has 1 heterocycles. The van der Waals surface area contributed by atoms with E-state index in [-0.39, 0.29) is 24.2 Å². The summed E-state index contributed by atoms with van der Waals surface area (Å²) in [5.41, 5.74) is 1.86. The minimum atomic E-state index is -0.707. The van der Waals surface area contributed by atoms with Crippen molar-refractivity contribution in [3.63, 3.8) is 0 Å². The smallest absolute Gasteiger partial charge is 0.307 e. The highest BCUT2D eigenvalue weighted by Crippen LogP contribution is 2.20. The van der Waals surface area contributed by atoms with Crippen molar-refractivity contribution in [1.29, 1.82) is 0 Å². The number of aliphatic carboxylic acids is 1. The van der Waals surface area contributed by atoms with E-state index >= 15 is 0 Å². The van der Waals surface area contributed by atoms with Gasteiger partial charge in [-0.2, -0.15) is 0 Å². The molecule has 1 fully saturated rings. The molecule has 0 radical (unpaired) electrons. The van der Waals surface area contributed by atoms with Crippen molar-refractivity contribution < 1.29 is 14.7 Å². The molecule has 2 rings (SSSR count). The molecule has 0 aliphatic carbocycles. The van der Waals surface area contributed by atoms with Gasteiger partial charge in [0.05, 0.1) is 5.92 Å². The summed E-state index contributed by atoms with van der Waals surface area (Å²) in [6.45, 7) is 3.72. The zero-order valence-corrected chi connectivity index (χ0v) is 12.9. The summed E-state index contributed by atoms with van der Waals surface area (Å²) < 4.78 is 0. The van der Waals surface area contributed by atoms with E-state index in [1.54, 1.807) is 0 Å².